The normalized spacial score (nSPS) is 32.0. The largest absolute Gasteiger partial charge is 0.454 e. The van der Waals surface area contributed by atoms with E-state index in [-0.39, 0.29) is 42.7 Å². The highest BCUT2D eigenvalue weighted by Gasteiger charge is 2.57. The number of fused-ring (bicyclic) bond motifs is 3. The van der Waals surface area contributed by atoms with Gasteiger partial charge >= 0.3 is 0 Å². The predicted octanol–water partition coefficient (Wildman–Crippen LogP) is 2.79. The minimum Gasteiger partial charge on any atom is -0.454 e. The molecule has 0 spiro atoms. The number of hydrogen-bond acceptors (Lipinski definition) is 5. The van der Waals surface area contributed by atoms with Gasteiger partial charge in [-0.15, -0.1) is 0 Å². The van der Waals surface area contributed by atoms with Crippen LogP contribution in [0.3, 0.4) is 0 Å². The van der Waals surface area contributed by atoms with Crippen LogP contribution in [0.1, 0.15) is 58.1 Å². The van der Waals surface area contributed by atoms with Gasteiger partial charge in [0, 0.05) is 6.04 Å². The maximum atomic E-state index is 14.7. The monoisotopic (exact) mass is 445 g/mol. The van der Waals surface area contributed by atoms with Gasteiger partial charge in [0.05, 0.1) is 18.1 Å². The maximum absolute atomic E-state index is 14.7. The number of ether oxygens (including phenoxy) is 2. The number of nitrogens with zero attached hydrogens (tertiary/aromatic N) is 2. The molecule has 5 rings (SSSR count). The molecule has 174 valence electrons. The Hall–Kier alpha value is -2.35. The van der Waals surface area contributed by atoms with E-state index in [2.05, 4.69) is 24.1 Å². The minimum atomic E-state index is -1.05. The summed E-state index contributed by atoms with van der Waals surface area (Å²) in [6.07, 6.45) is 1.59. The molecule has 1 N–H and O–H groups in total. The van der Waals surface area contributed by atoms with Crippen LogP contribution in [-0.4, -0.2) is 65.3 Å². The van der Waals surface area contributed by atoms with Crippen LogP contribution in [0, 0.1) is 5.92 Å². The molecule has 4 aliphatic rings. The second-order valence-electron chi connectivity index (χ2n) is 9.84. The molecule has 1 aromatic rings. The van der Waals surface area contributed by atoms with Crippen LogP contribution < -0.4 is 14.8 Å². The number of nitrogens with one attached hydrogen (secondary N) is 1. The van der Waals surface area contributed by atoms with E-state index in [4.69, 9.17) is 9.47 Å². The van der Waals surface area contributed by atoms with Gasteiger partial charge in [0.25, 0.3) is 0 Å². The molecule has 0 aromatic heterocycles. The summed E-state index contributed by atoms with van der Waals surface area (Å²) in [5.41, 5.74) is 0.897. The molecule has 3 aliphatic heterocycles. The second kappa shape index (κ2) is 8.21. The van der Waals surface area contributed by atoms with Gasteiger partial charge in [0.2, 0.25) is 18.6 Å². The van der Waals surface area contributed by atoms with Gasteiger partial charge in [-0.2, -0.15) is 0 Å². The van der Waals surface area contributed by atoms with Gasteiger partial charge in [-0.25, -0.2) is 4.39 Å². The first-order chi connectivity index (χ1) is 15.3. The molecule has 2 saturated heterocycles. The number of carbonyl (C=O) groups excluding carboxylic acids is 2. The summed E-state index contributed by atoms with van der Waals surface area (Å²) in [6.45, 7) is 7.13. The van der Waals surface area contributed by atoms with Crippen molar-refractivity contribution in [3.8, 4) is 11.5 Å². The highest BCUT2D eigenvalue weighted by molar-refractivity contribution is 5.91. The quantitative estimate of drug-likeness (QED) is 0.755. The fourth-order valence-electron chi connectivity index (χ4n) is 6.03. The molecule has 2 bridgehead atoms. The summed E-state index contributed by atoms with van der Waals surface area (Å²) in [5.74, 6) is 0.948. The van der Waals surface area contributed by atoms with E-state index >= 15 is 0 Å². The van der Waals surface area contributed by atoms with Crippen LogP contribution in [0.2, 0.25) is 0 Å². The fourth-order valence-corrected chi connectivity index (χ4v) is 6.03. The third kappa shape index (κ3) is 3.52. The van der Waals surface area contributed by atoms with Crippen LogP contribution in [0.5, 0.6) is 11.5 Å². The van der Waals surface area contributed by atoms with E-state index in [9.17, 15) is 14.0 Å². The highest BCUT2D eigenvalue weighted by Crippen LogP contribution is 2.45. The second-order valence-corrected chi connectivity index (χ2v) is 9.84. The van der Waals surface area contributed by atoms with E-state index in [1.165, 1.54) is 0 Å². The van der Waals surface area contributed by atoms with Crippen molar-refractivity contribution < 1.29 is 23.5 Å². The number of hydrogen-bond donors (Lipinski definition) is 1. The summed E-state index contributed by atoms with van der Waals surface area (Å²) in [4.78, 5) is 30.8. The van der Waals surface area contributed by atoms with Crippen molar-refractivity contribution in [2.75, 3.05) is 13.3 Å². The summed E-state index contributed by atoms with van der Waals surface area (Å²) < 4.78 is 25.5. The van der Waals surface area contributed by atoms with E-state index in [1.807, 2.05) is 25.1 Å². The SMILES string of the molecule is CC(NC(=O)[C@H]1C2CC([C@@H](F)C2)N1C(=O)[C@H]1CCCN1C(C)C)c1ccc2c(c1)OCO2. The molecule has 32 heavy (non-hydrogen) atoms. The zero-order valence-corrected chi connectivity index (χ0v) is 18.9. The van der Waals surface area contributed by atoms with E-state index < -0.39 is 18.3 Å². The lowest BCUT2D eigenvalue weighted by molar-refractivity contribution is -0.148. The number of amides is 2. The lowest BCUT2D eigenvalue weighted by Gasteiger charge is -2.40. The zero-order valence-electron chi connectivity index (χ0n) is 18.9. The molecule has 1 saturated carbocycles. The first-order valence-corrected chi connectivity index (χ1v) is 11.8. The fraction of sp³-hybridized carbons (Fsp3) is 0.667. The molecular weight excluding hydrogens is 413 g/mol. The van der Waals surface area contributed by atoms with Gasteiger partial charge in [0.15, 0.2) is 11.5 Å². The van der Waals surface area contributed by atoms with Crippen LogP contribution >= 0.6 is 0 Å². The Balaban J connectivity index is 1.34. The number of likely N-dealkylation sites (tertiary alicyclic amines) is 2. The zero-order chi connectivity index (χ0) is 22.6. The van der Waals surface area contributed by atoms with Gasteiger partial charge in [-0.3, -0.25) is 14.5 Å². The van der Waals surface area contributed by atoms with Crippen LogP contribution in [0.15, 0.2) is 18.2 Å². The number of halogens is 1. The molecule has 8 heteroatoms. The summed E-state index contributed by atoms with van der Waals surface area (Å²) in [6, 6.07) is 4.22. The third-order valence-electron chi connectivity index (χ3n) is 7.61. The Bertz CT molecular complexity index is 909. The van der Waals surface area contributed by atoms with Crippen molar-refractivity contribution in [1.82, 2.24) is 15.1 Å². The number of piperidine rings is 1. The summed E-state index contributed by atoms with van der Waals surface area (Å²) in [5, 5.41) is 3.07. The van der Waals surface area contributed by atoms with Crippen molar-refractivity contribution in [2.24, 2.45) is 5.92 Å². The summed E-state index contributed by atoms with van der Waals surface area (Å²) in [7, 11) is 0. The van der Waals surface area contributed by atoms with Gasteiger partial charge in [-0.1, -0.05) is 6.07 Å². The summed E-state index contributed by atoms with van der Waals surface area (Å²) >= 11 is 0. The Kier molecular flexibility index (Phi) is 5.51. The van der Waals surface area contributed by atoms with Gasteiger partial charge in [0.1, 0.15) is 12.2 Å². The van der Waals surface area contributed by atoms with Crippen LogP contribution in [0.25, 0.3) is 0 Å². The minimum absolute atomic E-state index is 0.0815. The molecule has 3 heterocycles. The molecule has 1 aliphatic carbocycles. The predicted molar refractivity (Wildman–Crippen MR) is 116 cm³/mol. The Labute approximate surface area is 188 Å². The van der Waals surface area contributed by atoms with Crippen molar-refractivity contribution in [2.45, 2.75) is 82.8 Å². The molecule has 7 nitrogen and oxygen atoms in total. The van der Waals surface area contributed by atoms with Crippen molar-refractivity contribution in [3.63, 3.8) is 0 Å². The van der Waals surface area contributed by atoms with Gasteiger partial charge in [-0.05, 0) is 76.6 Å². The number of carbonyl (C=O) groups is 2. The lowest BCUT2D eigenvalue weighted by atomic mass is 9.95. The van der Waals surface area contributed by atoms with Crippen molar-refractivity contribution in [3.05, 3.63) is 23.8 Å². The Morgan fingerprint density at radius 3 is 2.72 bits per heavy atom. The molecule has 0 radical (unpaired) electrons. The topological polar surface area (TPSA) is 71.1 Å². The van der Waals surface area contributed by atoms with E-state index in [1.54, 1.807) is 4.90 Å². The number of benzene rings is 1. The molecule has 1 aromatic carbocycles. The number of rotatable bonds is 5. The van der Waals surface area contributed by atoms with Crippen LogP contribution in [0.4, 0.5) is 4.39 Å². The van der Waals surface area contributed by atoms with Crippen molar-refractivity contribution in [1.29, 1.82) is 0 Å². The molecule has 3 fully saturated rings. The standard InChI is InChI=1S/C24H32FN3O4/c1-13(2)27-8-4-5-18(27)24(30)28-19-10-16(9-17(19)25)22(28)23(29)26-14(3)15-6-7-20-21(11-15)32-12-31-20/h6-7,11,13-14,16-19,22H,4-5,8-10,12H2,1-3H3,(H,26,29)/t14?,16?,17-,18+,19?,22+/m0/s1. The van der Waals surface area contributed by atoms with Crippen molar-refractivity contribution >= 4 is 11.8 Å². The van der Waals surface area contributed by atoms with E-state index in [0.29, 0.717) is 24.3 Å². The Morgan fingerprint density at radius 2 is 1.94 bits per heavy atom. The molecule has 3 unspecified atom stereocenters. The molecule has 6 atom stereocenters. The van der Waals surface area contributed by atoms with Crippen LogP contribution in [-0.2, 0) is 9.59 Å². The number of alkyl halides is 1. The highest BCUT2D eigenvalue weighted by atomic mass is 19.1. The third-order valence-corrected chi connectivity index (χ3v) is 7.61. The molecular formula is C24H32FN3O4. The maximum Gasteiger partial charge on any atom is 0.243 e. The first kappa shape index (κ1) is 21.5. The first-order valence-electron chi connectivity index (χ1n) is 11.8. The smallest absolute Gasteiger partial charge is 0.243 e. The van der Waals surface area contributed by atoms with E-state index in [0.717, 1.165) is 24.9 Å². The molecule has 2 amide bonds. The van der Waals surface area contributed by atoms with Gasteiger partial charge < -0.3 is 19.7 Å². The average molecular weight is 446 g/mol. The lowest BCUT2D eigenvalue weighted by Crippen LogP contribution is -2.59. The average Bonchev–Trinajstić information content (AvgIpc) is 3.54. The Morgan fingerprint density at radius 1 is 1.16 bits per heavy atom.